The standard InChI is InChI=1S/C17H23Cl/c1-5-13(3)14(4)11-15(6-2)12-16-9-7-8-10-17(16)18/h6-7,9,11,15H,2-3,5,8,10,12H2,1,4H3/b14-11+. The molecule has 1 aliphatic rings. The van der Waals surface area contributed by atoms with E-state index in [1.807, 2.05) is 6.08 Å². The first kappa shape index (κ1) is 15.0. The van der Waals surface area contributed by atoms with Gasteiger partial charge in [0.15, 0.2) is 0 Å². The van der Waals surface area contributed by atoms with E-state index in [4.69, 9.17) is 11.6 Å². The highest BCUT2D eigenvalue weighted by Crippen LogP contribution is 2.28. The summed E-state index contributed by atoms with van der Waals surface area (Å²) in [5, 5.41) is 1.00. The van der Waals surface area contributed by atoms with E-state index in [1.165, 1.54) is 16.7 Å². The highest BCUT2D eigenvalue weighted by molar-refractivity contribution is 6.30. The molecule has 0 aromatic rings. The van der Waals surface area contributed by atoms with E-state index in [-0.39, 0.29) is 0 Å². The Hall–Kier alpha value is -1.01. The third kappa shape index (κ3) is 4.34. The maximum Gasteiger partial charge on any atom is 0.0216 e. The molecule has 0 fully saturated rings. The van der Waals surface area contributed by atoms with Crippen LogP contribution in [0.2, 0.25) is 0 Å². The molecule has 1 aliphatic carbocycles. The fourth-order valence-corrected chi connectivity index (χ4v) is 2.30. The molecule has 0 N–H and O–H groups in total. The number of rotatable bonds is 6. The number of hydrogen-bond donors (Lipinski definition) is 0. The second-order valence-corrected chi connectivity index (χ2v) is 5.24. The monoisotopic (exact) mass is 262 g/mol. The number of allylic oxidation sites excluding steroid dienone is 8. The fourth-order valence-electron chi connectivity index (χ4n) is 2.05. The van der Waals surface area contributed by atoms with Crippen LogP contribution < -0.4 is 0 Å². The van der Waals surface area contributed by atoms with Crippen molar-refractivity contribution in [3.8, 4) is 0 Å². The summed E-state index contributed by atoms with van der Waals surface area (Å²) >= 11 is 6.27. The zero-order valence-corrected chi connectivity index (χ0v) is 12.3. The van der Waals surface area contributed by atoms with Gasteiger partial charge in [0.2, 0.25) is 0 Å². The molecule has 0 heterocycles. The van der Waals surface area contributed by atoms with Crippen LogP contribution in [0.1, 0.15) is 39.5 Å². The molecule has 0 aromatic heterocycles. The lowest BCUT2D eigenvalue weighted by Crippen LogP contribution is -1.99. The van der Waals surface area contributed by atoms with E-state index in [0.29, 0.717) is 5.92 Å². The van der Waals surface area contributed by atoms with Crippen molar-refractivity contribution >= 4 is 11.6 Å². The van der Waals surface area contributed by atoms with Crippen LogP contribution in [0.25, 0.3) is 0 Å². The van der Waals surface area contributed by atoms with Gasteiger partial charge in [0, 0.05) is 5.03 Å². The molecular weight excluding hydrogens is 240 g/mol. The van der Waals surface area contributed by atoms with E-state index in [9.17, 15) is 0 Å². The van der Waals surface area contributed by atoms with Crippen molar-refractivity contribution in [2.75, 3.05) is 0 Å². The van der Waals surface area contributed by atoms with Crippen LogP contribution in [0, 0.1) is 5.92 Å². The molecule has 0 amide bonds. The molecule has 1 unspecified atom stereocenters. The minimum absolute atomic E-state index is 0.333. The SMILES string of the molecule is C=CC(/C=C(\C)C(=C)CC)CC1=C(Cl)CCC=C1. The first-order chi connectivity index (χ1) is 8.58. The van der Waals surface area contributed by atoms with E-state index >= 15 is 0 Å². The Bertz CT molecular complexity index is 407. The van der Waals surface area contributed by atoms with Crippen molar-refractivity contribution in [2.24, 2.45) is 5.92 Å². The van der Waals surface area contributed by atoms with Crippen LogP contribution in [0.4, 0.5) is 0 Å². The van der Waals surface area contributed by atoms with E-state index in [0.717, 1.165) is 30.7 Å². The third-order valence-corrected chi connectivity index (χ3v) is 3.84. The molecular formula is C17H23Cl. The van der Waals surface area contributed by atoms with Gasteiger partial charge in [-0.1, -0.05) is 60.6 Å². The Morgan fingerprint density at radius 1 is 1.56 bits per heavy atom. The van der Waals surface area contributed by atoms with Gasteiger partial charge in [-0.2, -0.15) is 0 Å². The van der Waals surface area contributed by atoms with Crippen LogP contribution in [0.5, 0.6) is 0 Å². The van der Waals surface area contributed by atoms with Crippen molar-refractivity contribution in [2.45, 2.75) is 39.5 Å². The lowest BCUT2D eigenvalue weighted by Gasteiger charge is -2.15. The van der Waals surface area contributed by atoms with Crippen molar-refractivity contribution in [1.29, 1.82) is 0 Å². The van der Waals surface area contributed by atoms with E-state index in [2.05, 4.69) is 45.2 Å². The van der Waals surface area contributed by atoms with Crippen molar-refractivity contribution < 1.29 is 0 Å². The molecule has 0 aliphatic heterocycles. The maximum absolute atomic E-state index is 6.27. The zero-order valence-electron chi connectivity index (χ0n) is 11.5. The van der Waals surface area contributed by atoms with E-state index in [1.54, 1.807) is 0 Å². The average Bonchev–Trinajstić information content (AvgIpc) is 2.39. The molecule has 0 spiro atoms. The second-order valence-electron chi connectivity index (χ2n) is 4.78. The molecule has 0 nitrogen and oxygen atoms in total. The van der Waals surface area contributed by atoms with Crippen LogP contribution in [-0.4, -0.2) is 0 Å². The summed E-state index contributed by atoms with van der Waals surface area (Å²) < 4.78 is 0. The van der Waals surface area contributed by atoms with Crippen molar-refractivity contribution in [1.82, 2.24) is 0 Å². The van der Waals surface area contributed by atoms with Crippen LogP contribution >= 0.6 is 11.6 Å². The quantitative estimate of drug-likeness (QED) is 0.411. The van der Waals surface area contributed by atoms with Gasteiger partial charge in [0.1, 0.15) is 0 Å². The Kier molecular flexibility index (Phi) is 6.21. The summed E-state index contributed by atoms with van der Waals surface area (Å²) in [5.74, 6) is 0.333. The molecule has 18 heavy (non-hydrogen) atoms. The molecule has 1 rings (SSSR count). The second kappa shape index (κ2) is 7.43. The highest BCUT2D eigenvalue weighted by Gasteiger charge is 2.10. The molecule has 0 radical (unpaired) electrons. The first-order valence-electron chi connectivity index (χ1n) is 6.61. The Morgan fingerprint density at radius 3 is 2.83 bits per heavy atom. The maximum atomic E-state index is 6.27. The molecule has 1 atom stereocenters. The van der Waals surface area contributed by atoms with Gasteiger partial charge in [-0.25, -0.2) is 0 Å². The normalized spacial score (nSPS) is 17.8. The minimum atomic E-state index is 0.333. The highest BCUT2D eigenvalue weighted by atomic mass is 35.5. The van der Waals surface area contributed by atoms with Gasteiger partial charge in [0.05, 0.1) is 0 Å². The average molecular weight is 263 g/mol. The molecule has 98 valence electrons. The van der Waals surface area contributed by atoms with Gasteiger partial charge in [0.25, 0.3) is 0 Å². The molecule has 1 heteroatoms. The van der Waals surface area contributed by atoms with Crippen LogP contribution in [-0.2, 0) is 0 Å². The first-order valence-corrected chi connectivity index (χ1v) is 6.99. The third-order valence-electron chi connectivity index (χ3n) is 3.40. The van der Waals surface area contributed by atoms with Crippen molar-refractivity contribution in [3.05, 3.63) is 59.2 Å². The Morgan fingerprint density at radius 2 is 2.28 bits per heavy atom. The van der Waals surface area contributed by atoms with Gasteiger partial charge >= 0.3 is 0 Å². The smallest absolute Gasteiger partial charge is 0.0216 e. The molecule has 0 bridgehead atoms. The van der Waals surface area contributed by atoms with E-state index < -0.39 is 0 Å². The largest absolute Gasteiger partial charge is 0.102 e. The minimum Gasteiger partial charge on any atom is -0.102 e. The summed E-state index contributed by atoms with van der Waals surface area (Å²) in [4.78, 5) is 0. The summed E-state index contributed by atoms with van der Waals surface area (Å²) in [7, 11) is 0. The van der Waals surface area contributed by atoms with Gasteiger partial charge in [-0.3, -0.25) is 0 Å². The van der Waals surface area contributed by atoms with Gasteiger partial charge < -0.3 is 0 Å². The lowest BCUT2D eigenvalue weighted by atomic mass is 9.92. The summed E-state index contributed by atoms with van der Waals surface area (Å²) in [6, 6.07) is 0. The Labute approximate surface area is 116 Å². The van der Waals surface area contributed by atoms with Gasteiger partial charge in [-0.15, -0.1) is 6.58 Å². The molecule has 0 aromatic carbocycles. The topological polar surface area (TPSA) is 0 Å². The number of hydrogen-bond acceptors (Lipinski definition) is 0. The summed E-state index contributed by atoms with van der Waals surface area (Å²) in [6.45, 7) is 12.2. The zero-order chi connectivity index (χ0) is 13.5. The Balaban J connectivity index is 2.77. The molecule has 0 saturated heterocycles. The number of halogens is 1. The molecule has 0 saturated carbocycles. The van der Waals surface area contributed by atoms with Crippen LogP contribution in [0.3, 0.4) is 0 Å². The summed E-state index contributed by atoms with van der Waals surface area (Å²) in [6.07, 6.45) is 12.6. The summed E-state index contributed by atoms with van der Waals surface area (Å²) in [5.41, 5.74) is 3.71. The van der Waals surface area contributed by atoms with Crippen LogP contribution in [0.15, 0.2) is 59.2 Å². The van der Waals surface area contributed by atoms with Gasteiger partial charge in [-0.05, 0) is 44.1 Å². The predicted molar refractivity (Wildman–Crippen MR) is 82.7 cm³/mol. The van der Waals surface area contributed by atoms with Crippen molar-refractivity contribution in [3.63, 3.8) is 0 Å². The fraction of sp³-hybridized carbons (Fsp3) is 0.412. The lowest BCUT2D eigenvalue weighted by molar-refractivity contribution is 0.787. The predicted octanol–water partition coefficient (Wildman–Crippen LogP) is 5.93.